The summed E-state index contributed by atoms with van der Waals surface area (Å²) in [4.78, 5) is 9.92. The van der Waals surface area contributed by atoms with Crippen LogP contribution in [0.5, 0.6) is 0 Å². The van der Waals surface area contributed by atoms with Crippen molar-refractivity contribution < 1.29 is 0 Å². The summed E-state index contributed by atoms with van der Waals surface area (Å²) in [6.45, 7) is 0. The number of para-hydroxylation sites is 2. The van der Waals surface area contributed by atoms with Crippen LogP contribution in [0.3, 0.4) is 0 Å². The van der Waals surface area contributed by atoms with Crippen LogP contribution in [0.4, 0.5) is 0 Å². The summed E-state index contributed by atoms with van der Waals surface area (Å²) in [7, 11) is 0. The minimum absolute atomic E-state index is 0.756. The van der Waals surface area contributed by atoms with Crippen molar-refractivity contribution >= 4 is 32.6 Å². The lowest BCUT2D eigenvalue weighted by atomic mass is 10.0. The van der Waals surface area contributed by atoms with Crippen molar-refractivity contribution in [2.75, 3.05) is 0 Å². The molecule has 0 fully saturated rings. The Balaban J connectivity index is 1.35. The highest BCUT2D eigenvalue weighted by molar-refractivity contribution is 6.14. The Kier molecular flexibility index (Phi) is 3.66. The molecule has 8 rings (SSSR count). The second-order valence-corrected chi connectivity index (χ2v) is 9.09. The molecule has 2 aromatic heterocycles. The highest BCUT2D eigenvalue weighted by atomic mass is 15.0. The molecule has 35 heavy (non-hydrogen) atoms. The van der Waals surface area contributed by atoms with Gasteiger partial charge in [-0.15, -0.1) is 0 Å². The van der Waals surface area contributed by atoms with E-state index >= 15 is 0 Å². The van der Waals surface area contributed by atoms with Crippen LogP contribution in [0, 0.1) is 0 Å². The molecule has 0 bridgehead atoms. The van der Waals surface area contributed by atoms with Crippen LogP contribution in [0.2, 0.25) is 0 Å². The molecular weight excluding hydrogens is 426 g/mol. The van der Waals surface area contributed by atoms with Gasteiger partial charge < -0.3 is 4.57 Å². The van der Waals surface area contributed by atoms with Gasteiger partial charge in [-0.25, -0.2) is 9.97 Å². The summed E-state index contributed by atoms with van der Waals surface area (Å²) in [6.07, 6.45) is 1.99. The molecule has 0 unspecified atom stereocenters. The minimum Gasteiger partial charge on any atom is -0.309 e. The number of hydrogen-bond acceptors (Lipinski definition) is 2. The number of fused-ring (bicyclic) bond motifs is 6. The van der Waals surface area contributed by atoms with Crippen molar-refractivity contribution in [3.8, 4) is 39.5 Å². The predicted octanol–water partition coefficient (Wildman–Crippen LogP) is 8.04. The second-order valence-electron chi connectivity index (χ2n) is 9.09. The molecule has 0 amide bonds. The standard InChI is InChI=1S/C32H19N3/c1-2-10-22(11-3-1)35-28-15-5-4-12-23(28)26-18-21(16-17-29(26)35)32-33-19-27-24-13-6-8-20-9-7-14-25(30(20)24)31(27)34-32/h1-19H. The Bertz CT molecular complexity index is 1940. The van der Waals surface area contributed by atoms with Crippen LogP contribution in [-0.4, -0.2) is 14.5 Å². The molecule has 0 saturated carbocycles. The molecule has 1 aliphatic rings. The van der Waals surface area contributed by atoms with E-state index in [4.69, 9.17) is 9.97 Å². The first kappa shape index (κ1) is 18.6. The second kappa shape index (κ2) is 6.87. The van der Waals surface area contributed by atoms with Crippen LogP contribution in [0.25, 0.3) is 72.0 Å². The molecule has 3 heteroatoms. The summed E-state index contributed by atoms with van der Waals surface area (Å²) in [5.41, 5.74) is 9.11. The molecule has 0 saturated heterocycles. The smallest absolute Gasteiger partial charge is 0.159 e. The SMILES string of the molecule is c1ccc(-n2c3ccccc3c3cc(-c4ncc5c(n4)-c4cccc6cccc-5c46)ccc32)cc1. The van der Waals surface area contributed by atoms with Gasteiger partial charge in [0.25, 0.3) is 0 Å². The Labute approximate surface area is 202 Å². The number of hydrogen-bond donors (Lipinski definition) is 0. The Hall–Kier alpha value is -4.76. The third kappa shape index (κ3) is 2.55. The van der Waals surface area contributed by atoms with Crippen molar-refractivity contribution in [3.63, 3.8) is 0 Å². The van der Waals surface area contributed by atoms with E-state index in [1.54, 1.807) is 0 Å². The van der Waals surface area contributed by atoms with E-state index in [-0.39, 0.29) is 0 Å². The Morgan fingerprint density at radius 2 is 1.34 bits per heavy atom. The van der Waals surface area contributed by atoms with Crippen molar-refractivity contribution in [2.24, 2.45) is 0 Å². The van der Waals surface area contributed by atoms with E-state index in [0.29, 0.717) is 0 Å². The highest BCUT2D eigenvalue weighted by Gasteiger charge is 2.23. The average Bonchev–Trinajstić information content (AvgIpc) is 3.43. The topological polar surface area (TPSA) is 30.7 Å². The van der Waals surface area contributed by atoms with Crippen molar-refractivity contribution in [2.45, 2.75) is 0 Å². The van der Waals surface area contributed by atoms with Crippen LogP contribution in [-0.2, 0) is 0 Å². The lowest BCUT2D eigenvalue weighted by molar-refractivity contribution is 1.18. The number of benzene rings is 5. The minimum atomic E-state index is 0.756. The maximum atomic E-state index is 5.10. The maximum absolute atomic E-state index is 5.10. The first-order valence-electron chi connectivity index (χ1n) is 11.9. The Morgan fingerprint density at radius 1 is 0.571 bits per heavy atom. The predicted molar refractivity (Wildman–Crippen MR) is 144 cm³/mol. The third-order valence-corrected chi connectivity index (χ3v) is 7.18. The molecule has 5 aromatic carbocycles. The van der Waals surface area contributed by atoms with E-state index < -0.39 is 0 Å². The molecule has 2 heterocycles. The quantitative estimate of drug-likeness (QED) is 0.269. The van der Waals surface area contributed by atoms with Gasteiger partial charge in [0.15, 0.2) is 5.82 Å². The van der Waals surface area contributed by atoms with Crippen molar-refractivity contribution in [1.29, 1.82) is 0 Å². The lowest BCUT2D eigenvalue weighted by Gasteiger charge is -2.08. The van der Waals surface area contributed by atoms with Gasteiger partial charge in [0.05, 0.1) is 16.7 Å². The first-order valence-corrected chi connectivity index (χ1v) is 11.9. The molecule has 0 atom stereocenters. The molecule has 3 nitrogen and oxygen atoms in total. The van der Waals surface area contributed by atoms with E-state index in [1.807, 2.05) is 6.20 Å². The lowest BCUT2D eigenvalue weighted by Crippen LogP contribution is -1.94. The van der Waals surface area contributed by atoms with Gasteiger partial charge in [0, 0.05) is 39.3 Å². The monoisotopic (exact) mass is 445 g/mol. The van der Waals surface area contributed by atoms with Gasteiger partial charge in [-0.3, -0.25) is 0 Å². The van der Waals surface area contributed by atoms with E-state index in [1.165, 1.54) is 43.7 Å². The largest absolute Gasteiger partial charge is 0.309 e. The Morgan fingerprint density at radius 3 is 2.23 bits per heavy atom. The van der Waals surface area contributed by atoms with Crippen molar-refractivity contribution in [1.82, 2.24) is 14.5 Å². The fourth-order valence-electron chi connectivity index (χ4n) is 5.65. The van der Waals surface area contributed by atoms with Gasteiger partial charge in [-0.2, -0.15) is 0 Å². The third-order valence-electron chi connectivity index (χ3n) is 7.18. The summed E-state index contributed by atoms with van der Waals surface area (Å²) in [5.74, 6) is 0.756. The van der Waals surface area contributed by atoms with Crippen LogP contribution in [0.15, 0.2) is 115 Å². The molecule has 0 spiro atoms. The maximum Gasteiger partial charge on any atom is 0.159 e. The summed E-state index contributed by atoms with van der Waals surface area (Å²) >= 11 is 0. The normalized spacial score (nSPS) is 12.0. The zero-order valence-corrected chi connectivity index (χ0v) is 18.8. The van der Waals surface area contributed by atoms with Gasteiger partial charge in [0.2, 0.25) is 0 Å². The zero-order chi connectivity index (χ0) is 22.9. The summed E-state index contributed by atoms with van der Waals surface area (Å²) < 4.78 is 2.33. The first-order chi connectivity index (χ1) is 17.4. The van der Waals surface area contributed by atoms with Gasteiger partial charge in [0.1, 0.15) is 0 Å². The zero-order valence-electron chi connectivity index (χ0n) is 18.8. The van der Waals surface area contributed by atoms with Crippen molar-refractivity contribution in [3.05, 3.63) is 115 Å². The van der Waals surface area contributed by atoms with Gasteiger partial charge in [-0.05, 0) is 52.7 Å². The molecular formula is C32H19N3. The van der Waals surface area contributed by atoms with Crippen LogP contribution >= 0.6 is 0 Å². The summed E-state index contributed by atoms with van der Waals surface area (Å²) in [5, 5.41) is 4.95. The molecule has 1 aliphatic carbocycles. The molecule has 7 aromatic rings. The van der Waals surface area contributed by atoms with Crippen LogP contribution < -0.4 is 0 Å². The molecule has 162 valence electrons. The van der Waals surface area contributed by atoms with Gasteiger partial charge >= 0.3 is 0 Å². The molecule has 0 radical (unpaired) electrons. The van der Waals surface area contributed by atoms with Gasteiger partial charge in [-0.1, -0.05) is 72.8 Å². The van der Waals surface area contributed by atoms with Crippen LogP contribution in [0.1, 0.15) is 0 Å². The van der Waals surface area contributed by atoms with E-state index in [0.717, 1.165) is 28.3 Å². The average molecular weight is 446 g/mol. The molecule has 0 aliphatic heterocycles. The van der Waals surface area contributed by atoms with E-state index in [2.05, 4.69) is 114 Å². The number of nitrogens with zero attached hydrogens (tertiary/aromatic N) is 3. The fourth-order valence-corrected chi connectivity index (χ4v) is 5.65. The number of rotatable bonds is 2. The van der Waals surface area contributed by atoms with E-state index in [9.17, 15) is 0 Å². The fraction of sp³-hybridized carbons (Fsp3) is 0. The molecule has 0 N–H and O–H groups in total. The summed E-state index contributed by atoms with van der Waals surface area (Å²) in [6, 6.07) is 38.6. The highest BCUT2D eigenvalue weighted by Crippen LogP contribution is 2.46. The number of aromatic nitrogens is 3.